The number of carbonyl (C=O) groups excluding carboxylic acids is 1. The van der Waals surface area contributed by atoms with Gasteiger partial charge in [-0.2, -0.15) is 0 Å². The number of pyridine rings is 1. The second kappa shape index (κ2) is 9.47. The van der Waals surface area contributed by atoms with Crippen molar-refractivity contribution in [1.82, 2.24) is 9.97 Å². The Hall–Kier alpha value is -4.76. The monoisotopic (exact) mass is 497 g/mol. The molecule has 5 rings (SSSR count). The molecule has 9 heteroatoms. The molecular formula is C27H19N3O5S. The number of carboxylic acid groups (broad SMARTS) is 1. The van der Waals surface area contributed by atoms with Crippen molar-refractivity contribution in [2.24, 2.45) is 0 Å². The van der Waals surface area contributed by atoms with Crippen LogP contribution in [0.1, 0.15) is 26.3 Å². The zero-order chi connectivity index (χ0) is 25.2. The molecule has 3 N–H and O–H groups in total. The number of nitrogens with one attached hydrogen (secondary N) is 1. The number of H-pyrrole nitrogens is 1. The van der Waals surface area contributed by atoms with Gasteiger partial charge in [0.05, 0.1) is 28.1 Å². The SMILES string of the molecule is O=C(O)c1cccc(N(Cc2ccc(-c3sc(=O)[nH]c3O)cc2)C(=O)c2cnc3ccccc3c2)c1. The number of hydrogen-bond donors (Lipinski definition) is 3. The summed E-state index contributed by atoms with van der Waals surface area (Å²) in [5.41, 5.74) is 3.05. The largest absolute Gasteiger partial charge is 0.493 e. The van der Waals surface area contributed by atoms with E-state index < -0.39 is 5.97 Å². The van der Waals surface area contributed by atoms with Crippen molar-refractivity contribution in [2.45, 2.75) is 6.54 Å². The Morgan fingerprint density at radius 2 is 1.72 bits per heavy atom. The molecule has 0 unspecified atom stereocenters. The summed E-state index contributed by atoms with van der Waals surface area (Å²) in [5.74, 6) is -1.61. The van der Waals surface area contributed by atoms with E-state index in [1.807, 2.05) is 24.3 Å². The molecule has 0 radical (unpaired) electrons. The van der Waals surface area contributed by atoms with Crippen LogP contribution in [-0.2, 0) is 6.54 Å². The van der Waals surface area contributed by atoms with Crippen LogP contribution in [0, 0.1) is 0 Å². The van der Waals surface area contributed by atoms with Crippen LogP contribution in [-0.4, -0.2) is 32.1 Å². The molecule has 3 aromatic carbocycles. The number of amides is 1. The molecule has 0 aliphatic carbocycles. The molecule has 2 heterocycles. The zero-order valence-corrected chi connectivity index (χ0v) is 19.5. The maximum atomic E-state index is 13.7. The Labute approximate surface area is 208 Å². The molecule has 0 fully saturated rings. The van der Waals surface area contributed by atoms with E-state index in [0.717, 1.165) is 27.8 Å². The zero-order valence-electron chi connectivity index (χ0n) is 18.7. The molecule has 0 spiro atoms. The summed E-state index contributed by atoms with van der Waals surface area (Å²) >= 11 is 0.903. The van der Waals surface area contributed by atoms with Gasteiger partial charge < -0.3 is 15.1 Å². The highest BCUT2D eigenvalue weighted by Crippen LogP contribution is 2.30. The Balaban J connectivity index is 1.52. The maximum Gasteiger partial charge on any atom is 0.335 e. The van der Waals surface area contributed by atoms with Gasteiger partial charge in [0.1, 0.15) is 0 Å². The van der Waals surface area contributed by atoms with E-state index in [-0.39, 0.29) is 28.8 Å². The van der Waals surface area contributed by atoms with Crippen LogP contribution in [0.2, 0.25) is 0 Å². The normalized spacial score (nSPS) is 10.9. The first-order valence-electron chi connectivity index (χ1n) is 10.9. The number of rotatable bonds is 6. The number of aromatic carboxylic acids is 1. The fourth-order valence-corrected chi connectivity index (χ4v) is 4.63. The number of aromatic nitrogens is 2. The predicted molar refractivity (Wildman–Crippen MR) is 138 cm³/mol. The molecule has 0 aliphatic heterocycles. The highest BCUT2D eigenvalue weighted by atomic mass is 32.1. The van der Waals surface area contributed by atoms with Crippen LogP contribution < -0.4 is 9.77 Å². The number of nitrogens with zero attached hydrogens (tertiary/aromatic N) is 2. The second-order valence-corrected chi connectivity index (χ2v) is 9.04. The molecule has 2 aromatic heterocycles. The Bertz CT molecular complexity index is 1660. The van der Waals surface area contributed by atoms with Crippen LogP contribution in [0.15, 0.2) is 89.9 Å². The lowest BCUT2D eigenvalue weighted by molar-refractivity contribution is 0.0696. The number of hydrogen-bond acceptors (Lipinski definition) is 6. The third kappa shape index (κ3) is 4.59. The van der Waals surface area contributed by atoms with Gasteiger partial charge in [0.15, 0.2) is 0 Å². The summed E-state index contributed by atoms with van der Waals surface area (Å²) in [7, 11) is 0. The van der Waals surface area contributed by atoms with Crippen molar-refractivity contribution in [2.75, 3.05) is 4.90 Å². The van der Waals surface area contributed by atoms with E-state index >= 15 is 0 Å². The Morgan fingerprint density at radius 3 is 2.44 bits per heavy atom. The minimum Gasteiger partial charge on any atom is -0.493 e. The summed E-state index contributed by atoms with van der Waals surface area (Å²) in [6.45, 7) is 0.157. The number of aromatic amines is 1. The van der Waals surface area contributed by atoms with E-state index in [4.69, 9.17) is 0 Å². The van der Waals surface area contributed by atoms with Gasteiger partial charge >= 0.3 is 10.8 Å². The van der Waals surface area contributed by atoms with E-state index in [2.05, 4.69) is 9.97 Å². The summed E-state index contributed by atoms with van der Waals surface area (Å²) in [6, 6.07) is 22.5. The quantitative estimate of drug-likeness (QED) is 0.307. The number of fused-ring (bicyclic) bond motifs is 1. The summed E-state index contributed by atoms with van der Waals surface area (Å²) in [5, 5.41) is 20.2. The number of carboxylic acids is 1. The van der Waals surface area contributed by atoms with Gasteiger partial charge in [-0.15, -0.1) is 0 Å². The van der Waals surface area contributed by atoms with Crippen LogP contribution in [0.4, 0.5) is 5.69 Å². The van der Waals surface area contributed by atoms with Crippen molar-refractivity contribution >= 4 is 39.8 Å². The lowest BCUT2D eigenvalue weighted by Gasteiger charge is -2.24. The van der Waals surface area contributed by atoms with Gasteiger partial charge in [0.25, 0.3) is 5.91 Å². The van der Waals surface area contributed by atoms with Gasteiger partial charge in [-0.25, -0.2) is 4.79 Å². The maximum absolute atomic E-state index is 13.7. The molecule has 0 saturated heterocycles. The Kier molecular flexibility index (Phi) is 6.05. The van der Waals surface area contributed by atoms with E-state index in [1.165, 1.54) is 23.2 Å². The van der Waals surface area contributed by atoms with Gasteiger partial charge in [-0.05, 0) is 41.5 Å². The highest BCUT2D eigenvalue weighted by molar-refractivity contribution is 7.13. The second-order valence-electron chi connectivity index (χ2n) is 8.05. The number of para-hydroxylation sites is 1. The average Bonchev–Trinajstić information content (AvgIpc) is 3.24. The number of anilines is 1. The van der Waals surface area contributed by atoms with Gasteiger partial charge in [-0.3, -0.25) is 19.6 Å². The molecular weight excluding hydrogens is 478 g/mol. The van der Waals surface area contributed by atoms with E-state index in [0.29, 0.717) is 21.7 Å². The van der Waals surface area contributed by atoms with E-state index in [1.54, 1.807) is 42.5 Å². The topological polar surface area (TPSA) is 124 Å². The van der Waals surface area contributed by atoms with Gasteiger partial charge in [0, 0.05) is 17.3 Å². The van der Waals surface area contributed by atoms with Gasteiger partial charge in [0.2, 0.25) is 5.88 Å². The predicted octanol–water partition coefficient (Wildman–Crippen LogP) is 4.90. The number of benzene rings is 3. The summed E-state index contributed by atoms with van der Waals surface area (Å²) < 4.78 is 0. The lowest BCUT2D eigenvalue weighted by Crippen LogP contribution is -2.30. The molecule has 0 saturated carbocycles. The fourth-order valence-electron chi connectivity index (χ4n) is 3.89. The smallest absolute Gasteiger partial charge is 0.335 e. The molecule has 8 nitrogen and oxygen atoms in total. The van der Waals surface area contributed by atoms with Crippen molar-refractivity contribution in [3.63, 3.8) is 0 Å². The molecule has 0 atom stereocenters. The number of thiazole rings is 1. The van der Waals surface area contributed by atoms with Crippen molar-refractivity contribution in [3.8, 4) is 16.3 Å². The fraction of sp³-hybridized carbons (Fsp3) is 0.0370. The number of carbonyl (C=O) groups is 2. The van der Waals surface area contributed by atoms with Crippen LogP contribution >= 0.6 is 11.3 Å². The third-order valence-corrected chi connectivity index (χ3v) is 6.60. The summed E-state index contributed by atoms with van der Waals surface area (Å²) in [6.07, 6.45) is 1.51. The van der Waals surface area contributed by atoms with Crippen LogP contribution in [0.5, 0.6) is 5.88 Å². The molecule has 0 bridgehead atoms. The minimum absolute atomic E-state index is 0.0649. The van der Waals surface area contributed by atoms with Crippen LogP contribution in [0.3, 0.4) is 0 Å². The highest BCUT2D eigenvalue weighted by Gasteiger charge is 2.21. The van der Waals surface area contributed by atoms with Crippen molar-refractivity contribution in [1.29, 1.82) is 0 Å². The Morgan fingerprint density at radius 1 is 0.944 bits per heavy atom. The van der Waals surface area contributed by atoms with Crippen LogP contribution in [0.25, 0.3) is 21.3 Å². The first kappa shape index (κ1) is 23.0. The third-order valence-electron chi connectivity index (χ3n) is 5.67. The first-order chi connectivity index (χ1) is 17.4. The summed E-state index contributed by atoms with van der Waals surface area (Å²) in [4.78, 5) is 45.1. The minimum atomic E-state index is -1.09. The average molecular weight is 498 g/mol. The van der Waals surface area contributed by atoms with Crippen molar-refractivity contribution < 1.29 is 19.8 Å². The first-order valence-corrected chi connectivity index (χ1v) is 11.7. The molecule has 36 heavy (non-hydrogen) atoms. The molecule has 1 amide bonds. The standard InChI is InChI=1S/C27H19N3O5S/c31-24-23(36-27(35)29-24)17-10-8-16(9-11-17)15-30(21-6-3-5-19(13-21)26(33)34)25(32)20-12-18-4-1-2-7-22(18)28-14-20/h1-14,31H,15H2,(H,29,35)(H,33,34). The molecule has 178 valence electrons. The lowest BCUT2D eigenvalue weighted by atomic mass is 10.1. The van der Waals surface area contributed by atoms with Crippen molar-refractivity contribution in [3.05, 3.63) is 111 Å². The molecule has 0 aliphatic rings. The van der Waals surface area contributed by atoms with E-state index in [9.17, 15) is 24.6 Å². The molecule has 5 aromatic rings. The van der Waals surface area contributed by atoms with Gasteiger partial charge in [-0.1, -0.05) is 59.9 Å². The number of aromatic hydroxyl groups is 1.